The van der Waals surface area contributed by atoms with Gasteiger partial charge in [0.25, 0.3) is 0 Å². The van der Waals surface area contributed by atoms with Crippen LogP contribution in [-0.2, 0) is 9.09 Å². The Morgan fingerprint density at radius 2 is 2.17 bits per heavy atom. The molecule has 6 heteroatoms. The molecule has 12 heavy (non-hydrogen) atoms. The second-order valence-corrected chi connectivity index (χ2v) is 3.61. The topological polar surface area (TPSA) is 74.3 Å². The Morgan fingerprint density at radius 1 is 1.58 bits per heavy atom. The van der Waals surface area contributed by atoms with Gasteiger partial charge < -0.3 is 14.5 Å². The Morgan fingerprint density at radius 3 is 2.67 bits per heavy atom. The number of hydrogen-bond donors (Lipinski definition) is 1. The molecule has 0 radical (unpaired) electrons. The van der Waals surface area contributed by atoms with Crippen molar-refractivity contribution in [2.45, 2.75) is 0 Å². The van der Waals surface area contributed by atoms with E-state index in [1.54, 1.807) is 0 Å². The summed E-state index contributed by atoms with van der Waals surface area (Å²) in [5, 5.41) is 2.21. The highest BCUT2D eigenvalue weighted by molar-refractivity contribution is 7.53. The molecule has 1 atom stereocenters. The van der Waals surface area contributed by atoms with E-state index in [0.717, 1.165) is 7.11 Å². The van der Waals surface area contributed by atoms with Crippen molar-refractivity contribution in [3.8, 4) is 0 Å². The van der Waals surface area contributed by atoms with Gasteiger partial charge >= 0.3 is 0 Å². The molecule has 0 aliphatic carbocycles. The molecule has 1 N–H and O–H groups in total. The van der Waals surface area contributed by atoms with E-state index in [2.05, 4.69) is 14.6 Å². The van der Waals surface area contributed by atoms with Crippen LogP contribution in [0.2, 0.25) is 0 Å². The molecule has 0 amide bonds. The monoisotopic (exact) mass is 187 g/mol. The van der Waals surface area contributed by atoms with E-state index in [1.807, 2.05) is 0 Å². The quantitative estimate of drug-likeness (QED) is 0.701. The molecule has 1 aromatic heterocycles. The minimum absolute atomic E-state index is 0.435. The van der Waals surface area contributed by atoms with Crippen LogP contribution in [0.3, 0.4) is 0 Å². The first-order valence-electron chi connectivity index (χ1n) is 3.19. The fourth-order valence-corrected chi connectivity index (χ4v) is 1.19. The molecule has 0 spiro atoms. The lowest BCUT2D eigenvalue weighted by molar-refractivity contribution is -0.194. The second kappa shape index (κ2) is 3.67. The summed E-state index contributed by atoms with van der Waals surface area (Å²) in [5.74, 6) is 0. The van der Waals surface area contributed by atoms with Crippen LogP contribution < -0.4 is 9.98 Å². The van der Waals surface area contributed by atoms with Crippen molar-refractivity contribution in [2.24, 2.45) is 0 Å². The molecule has 0 aliphatic rings. The van der Waals surface area contributed by atoms with E-state index in [-0.39, 0.29) is 0 Å². The van der Waals surface area contributed by atoms with E-state index >= 15 is 0 Å². The zero-order chi connectivity index (χ0) is 9.03. The molecule has 66 valence electrons. The lowest BCUT2D eigenvalue weighted by Gasteiger charge is -2.22. The molecule has 0 aromatic carbocycles. The number of aromatic nitrogens is 1. The summed E-state index contributed by atoms with van der Waals surface area (Å²) in [6.07, 6.45) is 2.97. The van der Waals surface area contributed by atoms with E-state index in [9.17, 15) is 9.46 Å². The first-order chi connectivity index (χ1) is 5.64. The standard InChI is InChI=1S/C6H9N2O3P/c1-11-12(9,10)8-6-2-4-7-5-3-6/h2-5H,1H3,(H2,7,8,9,10)/p-1. The molecule has 5 nitrogen and oxygen atoms in total. The first-order valence-corrected chi connectivity index (χ1v) is 4.73. The van der Waals surface area contributed by atoms with Crippen LogP contribution in [0, 0.1) is 0 Å². The van der Waals surface area contributed by atoms with E-state index < -0.39 is 7.75 Å². The van der Waals surface area contributed by atoms with Crippen molar-refractivity contribution in [3.05, 3.63) is 24.5 Å². The molecular weight excluding hydrogens is 179 g/mol. The van der Waals surface area contributed by atoms with Crippen molar-refractivity contribution >= 4 is 13.4 Å². The SMILES string of the molecule is COP(=O)([O-])Nc1ccncc1. The summed E-state index contributed by atoms with van der Waals surface area (Å²) in [6, 6.07) is 3.06. The van der Waals surface area contributed by atoms with Gasteiger partial charge in [0.15, 0.2) is 0 Å². The average Bonchev–Trinajstić information content (AvgIpc) is 2.06. The molecule has 0 fully saturated rings. The summed E-state index contributed by atoms with van der Waals surface area (Å²) < 4.78 is 15.1. The first kappa shape index (κ1) is 9.19. The van der Waals surface area contributed by atoms with Gasteiger partial charge in [0.2, 0.25) is 7.75 Å². The van der Waals surface area contributed by atoms with Gasteiger partial charge in [0.1, 0.15) is 0 Å². The smallest absolute Gasteiger partial charge is 0.229 e. The van der Waals surface area contributed by atoms with Gasteiger partial charge in [-0.2, -0.15) is 0 Å². The van der Waals surface area contributed by atoms with Crippen LogP contribution in [0.1, 0.15) is 0 Å². The highest BCUT2D eigenvalue weighted by Gasteiger charge is 2.03. The minimum atomic E-state index is -3.92. The van der Waals surface area contributed by atoms with Gasteiger partial charge in [-0.25, -0.2) is 0 Å². The van der Waals surface area contributed by atoms with E-state index in [0.29, 0.717) is 5.69 Å². The third-order valence-corrected chi connectivity index (χ3v) is 2.20. The predicted octanol–water partition coefficient (Wildman–Crippen LogP) is 0.608. The number of hydrogen-bond acceptors (Lipinski definition) is 4. The molecule has 1 unspecified atom stereocenters. The fourth-order valence-electron chi connectivity index (χ4n) is 0.630. The molecule has 0 saturated carbocycles. The average molecular weight is 187 g/mol. The molecule has 1 rings (SSSR count). The maximum absolute atomic E-state index is 10.8. The van der Waals surface area contributed by atoms with E-state index in [4.69, 9.17) is 0 Å². The Kier molecular flexibility index (Phi) is 2.81. The number of anilines is 1. The van der Waals surface area contributed by atoms with Gasteiger partial charge in [-0.3, -0.25) is 9.55 Å². The maximum atomic E-state index is 10.8. The number of pyridine rings is 1. The normalized spacial score (nSPS) is 15.2. The lowest BCUT2D eigenvalue weighted by atomic mass is 10.4. The van der Waals surface area contributed by atoms with Crippen LogP contribution >= 0.6 is 7.75 Å². The Balaban J connectivity index is 2.71. The summed E-state index contributed by atoms with van der Waals surface area (Å²) in [7, 11) is -2.82. The zero-order valence-electron chi connectivity index (χ0n) is 6.43. The zero-order valence-corrected chi connectivity index (χ0v) is 7.32. The summed E-state index contributed by atoms with van der Waals surface area (Å²) in [5.41, 5.74) is 0.435. The number of rotatable bonds is 3. The van der Waals surface area contributed by atoms with Gasteiger partial charge in [0.05, 0.1) is 0 Å². The van der Waals surface area contributed by atoms with Crippen LogP contribution in [0.5, 0.6) is 0 Å². The molecular formula is C6H8N2O3P-. The van der Waals surface area contributed by atoms with Crippen molar-refractivity contribution in [1.82, 2.24) is 4.98 Å². The van der Waals surface area contributed by atoms with Crippen LogP contribution in [0.4, 0.5) is 5.69 Å². The number of nitrogens with one attached hydrogen (secondary N) is 1. The summed E-state index contributed by atoms with van der Waals surface area (Å²) in [6.45, 7) is 0. The third kappa shape index (κ3) is 2.62. The highest BCUT2D eigenvalue weighted by Crippen LogP contribution is 2.35. The van der Waals surface area contributed by atoms with Crippen molar-refractivity contribution in [3.63, 3.8) is 0 Å². The molecule has 0 aliphatic heterocycles. The fraction of sp³-hybridized carbons (Fsp3) is 0.167. The summed E-state index contributed by atoms with van der Waals surface area (Å²) >= 11 is 0. The minimum Gasteiger partial charge on any atom is -0.762 e. The molecule has 0 bridgehead atoms. The van der Waals surface area contributed by atoms with Crippen molar-refractivity contribution in [1.29, 1.82) is 0 Å². The largest absolute Gasteiger partial charge is 0.762 e. The second-order valence-electron chi connectivity index (χ2n) is 2.03. The van der Waals surface area contributed by atoms with Crippen molar-refractivity contribution < 1.29 is 14.0 Å². The van der Waals surface area contributed by atoms with Gasteiger partial charge in [0, 0.05) is 25.2 Å². The predicted molar refractivity (Wildman–Crippen MR) is 42.5 cm³/mol. The van der Waals surface area contributed by atoms with Crippen LogP contribution in [-0.4, -0.2) is 12.1 Å². The van der Waals surface area contributed by atoms with Gasteiger partial charge in [-0.05, 0) is 12.1 Å². The summed E-state index contributed by atoms with van der Waals surface area (Å²) in [4.78, 5) is 14.6. The Hall–Kier alpha value is -0.900. The third-order valence-electron chi connectivity index (χ3n) is 1.19. The van der Waals surface area contributed by atoms with Crippen LogP contribution in [0.15, 0.2) is 24.5 Å². The van der Waals surface area contributed by atoms with Crippen LogP contribution in [0.25, 0.3) is 0 Å². The molecule has 1 heterocycles. The van der Waals surface area contributed by atoms with Gasteiger partial charge in [-0.1, -0.05) is 0 Å². The lowest BCUT2D eigenvalue weighted by Crippen LogP contribution is -2.10. The Labute approximate surface area is 70.0 Å². The highest BCUT2D eigenvalue weighted by atomic mass is 31.2. The maximum Gasteiger partial charge on any atom is 0.229 e. The Bertz CT molecular complexity index is 290. The molecule has 1 aromatic rings. The van der Waals surface area contributed by atoms with Crippen molar-refractivity contribution in [2.75, 3.05) is 12.2 Å². The van der Waals surface area contributed by atoms with Gasteiger partial charge in [-0.15, -0.1) is 0 Å². The van der Waals surface area contributed by atoms with E-state index in [1.165, 1.54) is 24.5 Å². The molecule has 0 saturated heterocycles. The number of nitrogens with zero attached hydrogens (tertiary/aromatic N) is 1.